The number of aliphatic carboxylic acids is 1. The lowest BCUT2D eigenvalue weighted by molar-refractivity contribution is -0.138. The first-order valence-electron chi connectivity index (χ1n) is 3.76. The van der Waals surface area contributed by atoms with Crippen LogP contribution in [0.5, 0.6) is 0 Å². The fourth-order valence-corrected chi connectivity index (χ4v) is 1.33. The summed E-state index contributed by atoms with van der Waals surface area (Å²) in [5.74, 6) is -0.623. The molecule has 0 aliphatic heterocycles. The molecule has 0 amide bonds. The van der Waals surface area contributed by atoms with Gasteiger partial charge in [-0.25, -0.2) is 0 Å². The molecule has 0 aliphatic rings. The van der Waals surface area contributed by atoms with Crippen LogP contribution in [0.1, 0.15) is 13.3 Å². The summed E-state index contributed by atoms with van der Waals surface area (Å²) in [4.78, 5) is 21.2. The zero-order valence-corrected chi connectivity index (χ0v) is 8.26. The van der Waals surface area contributed by atoms with Gasteiger partial charge in [-0.2, -0.15) is 0 Å². The number of thioether (sulfide) groups is 1. The predicted molar refractivity (Wildman–Crippen MR) is 52.5 cm³/mol. The van der Waals surface area contributed by atoms with Crippen molar-refractivity contribution in [2.24, 2.45) is 5.73 Å². The zero-order chi connectivity index (χ0) is 10.4. The maximum absolute atomic E-state index is 11.0. The maximum atomic E-state index is 11.0. The average molecular weight is 203 g/mol. The Morgan fingerprint density at radius 1 is 1.62 bits per heavy atom. The zero-order valence-electron chi connectivity index (χ0n) is 7.45. The minimum atomic E-state index is -1.04. The summed E-state index contributed by atoms with van der Waals surface area (Å²) in [6.45, 7) is 5.09. The molecule has 4 nitrogen and oxygen atoms in total. The van der Waals surface area contributed by atoms with Crippen LogP contribution >= 0.6 is 11.8 Å². The van der Waals surface area contributed by atoms with Crippen LogP contribution in [0, 0.1) is 0 Å². The fraction of sp³-hybridized carbons (Fsp3) is 0.500. The van der Waals surface area contributed by atoms with E-state index in [4.69, 9.17) is 10.8 Å². The van der Waals surface area contributed by atoms with E-state index in [0.717, 1.165) is 11.8 Å². The van der Waals surface area contributed by atoms with E-state index in [2.05, 4.69) is 6.58 Å². The largest absolute Gasteiger partial charge is 0.480 e. The van der Waals surface area contributed by atoms with Gasteiger partial charge in [0.15, 0.2) is 0 Å². The van der Waals surface area contributed by atoms with Gasteiger partial charge >= 0.3 is 5.97 Å². The number of carbonyl (C=O) groups is 2. The highest BCUT2D eigenvalue weighted by atomic mass is 32.2. The molecule has 0 bridgehead atoms. The van der Waals surface area contributed by atoms with Crippen molar-refractivity contribution in [2.45, 2.75) is 19.4 Å². The Bertz CT molecular complexity index is 227. The van der Waals surface area contributed by atoms with Crippen LogP contribution in [-0.4, -0.2) is 28.0 Å². The highest BCUT2D eigenvalue weighted by molar-refractivity contribution is 8.14. The molecule has 0 aromatic heterocycles. The van der Waals surface area contributed by atoms with Crippen LogP contribution in [0.3, 0.4) is 0 Å². The van der Waals surface area contributed by atoms with Crippen LogP contribution in [0.2, 0.25) is 0 Å². The van der Waals surface area contributed by atoms with E-state index in [1.807, 2.05) is 0 Å². The minimum Gasteiger partial charge on any atom is -0.480 e. The molecular weight excluding hydrogens is 190 g/mol. The van der Waals surface area contributed by atoms with Crippen LogP contribution < -0.4 is 5.73 Å². The van der Waals surface area contributed by atoms with Gasteiger partial charge in [-0.05, 0) is 18.9 Å². The van der Waals surface area contributed by atoms with Crippen molar-refractivity contribution in [1.29, 1.82) is 0 Å². The molecule has 0 fully saturated rings. The van der Waals surface area contributed by atoms with Gasteiger partial charge in [-0.3, -0.25) is 9.59 Å². The highest BCUT2D eigenvalue weighted by Crippen LogP contribution is 2.10. The molecule has 0 rings (SSSR count). The van der Waals surface area contributed by atoms with E-state index >= 15 is 0 Å². The Morgan fingerprint density at radius 2 is 2.15 bits per heavy atom. The Morgan fingerprint density at radius 3 is 2.54 bits per heavy atom. The Hall–Kier alpha value is -0.810. The number of nitrogens with two attached hydrogens (primary N) is 1. The van der Waals surface area contributed by atoms with Gasteiger partial charge in [0.2, 0.25) is 5.12 Å². The Labute approximate surface area is 81.2 Å². The fourth-order valence-electron chi connectivity index (χ4n) is 0.525. The van der Waals surface area contributed by atoms with Crippen molar-refractivity contribution in [3.8, 4) is 0 Å². The summed E-state index contributed by atoms with van der Waals surface area (Å²) in [5.41, 5.74) is 5.70. The second kappa shape index (κ2) is 5.77. The number of carbonyl (C=O) groups excluding carboxylic acids is 1. The summed E-state index contributed by atoms with van der Waals surface area (Å²) in [7, 11) is 0. The summed E-state index contributed by atoms with van der Waals surface area (Å²) >= 11 is 1.05. The van der Waals surface area contributed by atoms with Crippen molar-refractivity contribution in [1.82, 2.24) is 0 Å². The topological polar surface area (TPSA) is 80.4 Å². The van der Waals surface area contributed by atoms with Crippen LogP contribution in [-0.2, 0) is 9.59 Å². The van der Waals surface area contributed by atoms with Crippen molar-refractivity contribution < 1.29 is 14.7 Å². The molecule has 74 valence electrons. The minimum absolute atomic E-state index is 0.113. The lowest BCUT2D eigenvalue weighted by Gasteiger charge is -2.04. The molecule has 13 heavy (non-hydrogen) atoms. The molecule has 0 heterocycles. The van der Waals surface area contributed by atoms with Crippen molar-refractivity contribution in [2.75, 3.05) is 5.75 Å². The first-order valence-corrected chi connectivity index (χ1v) is 4.74. The van der Waals surface area contributed by atoms with Crippen molar-refractivity contribution >= 4 is 22.8 Å². The number of rotatable bonds is 5. The molecule has 3 N–H and O–H groups in total. The third-order valence-corrected chi connectivity index (χ3v) is 2.38. The third kappa shape index (κ3) is 5.43. The number of carboxylic acids is 1. The lowest BCUT2D eigenvalue weighted by Crippen LogP contribution is -2.30. The molecular formula is C8H13NO3S. The molecule has 0 spiro atoms. The third-order valence-electron chi connectivity index (χ3n) is 1.33. The van der Waals surface area contributed by atoms with Gasteiger partial charge in [0.05, 0.1) is 0 Å². The summed E-state index contributed by atoms with van der Waals surface area (Å²) in [5, 5.41) is 8.31. The van der Waals surface area contributed by atoms with E-state index < -0.39 is 12.0 Å². The predicted octanol–water partition coefficient (Wildman–Crippen LogP) is 0.624. The van der Waals surface area contributed by atoms with E-state index in [9.17, 15) is 9.59 Å². The van der Waals surface area contributed by atoms with E-state index in [1.54, 1.807) is 6.92 Å². The highest BCUT2D eigenvalue weighted by Gasteiger charge is 2.12. The summed E-state index contributed by atoms with van der Waals surface area (Å²) in [6, 6.07) is -0.884. The van der Waals surface area contributed by atoms with E-state index in [0.29, 0.717) is 17.7 Å². The van der Waals surface area contributed by atoms with Crippen LogP contribution in [0.15, 0.2) is 12.2 Å². The quantitative estimate of drug-likeness (QED) is 0.640. The van der Waals surface area contributed by atoms with E-state index in [1.165, 1.54) is 0 Å². The second-order valence-electron chi connectivity index (χ2n) is 2.65. The molecule has 0 aliphatic carbocycles. The Balaban J connectivity index is 3.62. The number of carboxylic acid groups (broad SMARTS) is 1. The standard InChI is InChI=1S/C8H13NO3S/c1-5(2)8(12)13-4-3-6(9)7(10)11/h6H,1,3-4,9H2,2H3,(H,10,11). The SMILES string of the molecule is C=C(C)C(=O)SCCC(N)C(=O)O. The molecule has 1 unspecified atom stereocenters. The Kier molecular flexibility index (Phi) is 5.41. The normalized spacial score (nSPS) is 12.2. The monoisotopic (exact) mass is 203 g/mol. The number of hydrogen-bond acceptors (Lipinski definition) is 4. The van der Waals surface area contributed by atoms with Crippen molar-refractivity contribution in [3.05, 3.63) is 12.2 Å². The number of hydrogen-bond donors (Lipinski definition) is 2. The first-order chi connectivity index (χ1) is 5.95. The van der Waals surface area contributed by atoms with Crippen LogP contribution in [0.25, 0.3) is 0 Å². The average Bonchev–Trinajstić information content (AvgIpc) is 2.03. The molecule has 0 saturated carbocycles. The molecule has 1 atom stereocenters. The summed E-state index contributed by atoms with van der Waals surface area (Å²) < 4.78 is 0. The molecule has 0 radical (unpaired) electrons. The molecule has 0 saturated heterocycles. The van der Waals surface area contributed by atoms with Gasteiger partial charge in [0.1, 0.15) is 6.04 Å². The second-order valence-corrected chi connectivity index (χ2v) is 3.72. The van der Waals surface area contributed by atoms with Crippen LogP contribution in [0.4, 0.5) is 0 Å². The smallest absolute Gasteiger partial charge is 0.320 e. The van der Waals surface area contributed by atoms with Crippen molar-refractivity contribution in [3.63, 3.8) is 0 Å². The van der Waals surface area contributed by atoms with E-state index in [-0.39, 0.29) is 5.12 Å². The molecule has 0 aromatic rings. The molecule has 0 aromatic carbocycles. The van der Waals surface area contributed by atoms with Gasteiger partial charge in [-0.15, -0.1) is 0 Å². The summed E-state index contributed by atoms with van der Waals surface area (Å²) in [6.07, 6.45) is 0.291. The molecule has 5 heteroatoms. The van der Waals surface area contributed by atoms with Gasteiger partial charge in [0, 0.05) is 5.75 Å². The van der Waals surface area contributed by atoms with Gasteiger partial charge in [0.25, 0.3) is 0 Å². The lowest BCUT2D eigenvalue weighted by atomic mass is 10.2. The first kappa shape index (κ1) is 12.2. The van der Waals surface area contributed by atoms with Gasteiger partial charge < -0.3 is 10.8 Å². The van der Waals surface area contributed by atoms with Gasteiger partial charge in [-0.1, -0.05) is 18.3 Å². The maximum Gasteiger partial charge on any atom is 0.320 e.